The number of ether oxygens (including phenoxy) is 2. The number of carbonyl (C=O) groups is 1. The predicted molar refractivity (Wildman–Crippen MR) is 87.9 cm³/mol. The van der Waals surface area contributed by atoms with Crippen LogP contribution in [0.25, 0.3) is 0 Å². The van der Waals surface area contributed by atoms with Crippen LogP contribution in [-0.2, 0) is 14.3 Å². The van der Waals surface area contributed by atoms with Gasteiger partial charge in [-0.2, -0.15) is 0 Å². The van der Waals surface area contributed by atoms with Crippen LogP contribution in [0.4, 0.5) is 0 Å². The second-order valence-electron chi connectivity index (χ2n) is 6.94. The molecule has 0 aromatic rings. The third-order valence-corrected chi connectivity index (χ3v) is 6.46. The number of nitrogens with two attached hydrogens (primary N) is 1. The maximum atomic E-state index is 11.4. The van der Waals surface area contributed by atoms with E-state index in [4.69, 9.17) is 15.2 Å². The topological polar surface area (TPSA) is 81.8 Å². The molecule has 4 rings (SSSR count). The Balaban J connectivity index is 1.66. The largest absolute Gasteiger partial charge is 0.492 e. The van der Waals surface area contributed by atoms with Crippen LogP contribution in [0, 0.1) is 5.41 Å². The second kappa shape index (κ2) is 5.19. The van der Waals surface area contributed by atoms with E-state index in [1.807, 2.05) is 0 Å². The summed E-state index contributed by atoms with van der Waals surface area (Å²) in [6.45, 7) is 1.20. The van der Waals surface area contributed by atoms with E-state index in [1.165, 1.54) is 11.1 Å². The molecule has 3 aliphatic carbocycles. The van der Waals surface area contributed by atoms with Crippen molar-refractivity contribution in [1.29, 1.82) is 0 Å². The molecule has 3 N–H and O–H groups in total. The van der Waals surface area contributed by atoms with Gasteiger partial charge in [-0.15, -0.1) is 0 Å². The van der Waals surface area contributed by atoms with Crippen molar-refractivity contribution in [3.63, 3.8) is 0 Å². The highest BCUT2D eigenvalue weighted by molar-refractivity contribution is 9.12. The van der Waals surface area contributed by atoms with Crippen molar-refractivity contribution in [3.05, 3.63) is 33.5 Å². The second-order valence-corrected chi connectivity index (χ2v) is 7.73. The summed E-state index contributed by atoms with van der Waals surface area (Å²) in [5.74, 6) is -0.00503. The maximum absolute atomic E-state index is 11.4. The minimum atomic E-state index is -1.09. The predicted octanol–water partition coefficient (Wildman–Crippen LogP) is 2.62. The summed E-state index contributed by atoms with van der Waals surface area (Å²) in [6, 6.07) is 0. The molecular formula is C17H20BrNO4. The Morgan fingerprint density at radius 2 is 2.04 bits per heavy atom. The SMILES string of the molecule is NC1(C(=O)O)CCC2(C=CC3=C2C(Br)=C2OCCOC2C3)CC1. The fourth-order valence-electron chi connectivity index (χ4n) is 4.24. The zero-order valence-electron chi connectivity index (χ0n) is 12.8. The van der Waals surface area contributed by atoms with Crippen molar-refractivity contribution in [2.75, 3.05) is 13.2 Å². The first-order valence-electron chi connectivity index (χ1n) is 8.05. The van der Waals surface area contributed by atoms with Crippen LogP contribution < -0.4 is 5.73 Å². The van der Waals surface area contributed by atoms with Crippen LogP contribution in [0.15, 0.2) is 33.5 Å². The Morgan fingerprint density at radius 1 is 1.30 bits per heavy atom. The summed E-state index contributed by atoms with van der Waals surface area (Å²) in [5, 5.41) is 9.36. The summed E-state index contributed by atoms with van der Waals surface area (Å²) < 4.78 is 12.7. The molecule has 4 aliphatic rings. The molecule has 1 unspecified atom stereocenters. The van der Waals surface area contributed by atoms with Crippen molar-refractivity contribution in [1.82, 2.24) is 0 Å². The fraction of sp³-hybridized carbons (Fsp3) is 0.588. The molecule has 1 spiro atoms. The summed E-state index contributed by atoms with van der Waals surface area (Å²) in [7, 11) is 0. The molecule has 124 valence electrons. The molecule has 0 aromatic heterocycles. The van der Waals surface area contributed by atoms with Gasteiger partial charge in [0.2, 0.25) is 0 Å². The number of hydrogen-bond donors (Lipinski definition) is 2. The van der Waals surface area contributed by atoms with Crippen molar-refractivity contribution < 1.29 is 19.4 Å². The van der Waals surface area contributed by atoms with Crippen LogP contribution in [0.5, 0.6) is 0 Å². The fourth-order valence-corrected chi connectivity index (χ4v) is 5.26. The lowest BCUT2D eigenvalue weighted by atomic mass is 9.64. The number of fused-ring (bicyclic) bond motifs is 2. The average Bonchev–Trinajstić information content (AvgIpc) is 2.90. The third-order valence-electron chi connectivity index (χ3n) is 5.68. The number of carboxylic acid groups (broad SMARTS) is 1. The van der Waals surface area contributed by atoms with Crippen molar-refractivity contribution in [2.24, 2.45) is 11.1 Å². The number of halogens is 1. The highest BCUT2D eigenvalue weighted by atomic mass is 79.9. The summed E-state index contributed by atoms with van der Waals surface area (Å²) >= 11 is 3.73. The average molecular weight is 382 g/mol. The number of hydrogen-bond acceptors (Lipinski definition) is 4. The van der Waals surface area contributed by atoms with Gasteiger partial charge in [-0.05, 0) is 52.8 Å². The van der Waals surface area contributed by atoms with Gasteiger partial charge in [-0.3, -0.25) is 4.79 Å². The van der Waals surface area contributed by atoms with E-state index in [0.717, 1.165) is 29.5 Å². The van der Waals surface area contributed by atoms with Crippen molar-refractivity contribution in [3.8, 4) is 0 Å². The molecule has 1 heterocycles. The van der Waals surface area contributed by atoms with Crippen LogP contribution in [0.2, 0.25) is 0 Å². The third kappa shape index (κ3) is 2.22. The first kappa shape index (κ1) is 15.4. The first-order chi connectivity index (χ1) is 11.0. The number of aliphatic carboxylic acids is 1. The van der Waals surface area contributed by atoms with Gasteiger partial charge in [-0.25, -0.2) is 0 Å². The maximum Gasteiger partial charge on any atom is 0.323 e. The van der Waals surface area contributed by atoms with E-state index in [2.05, 4.69) is 28.1 Å². The van der Waals surface area contributed by atoms with Gasteiger partial charge in [0.25, 0.3) is 0 Å². The Bertz CT molecular complexity index is 656. The van der Waals surface area contributed by atoms with Crippen LogP contribution in [0.1, 0.15) is 32.1 Å². The summed E-state index contributed by atoms with van der Waals surface area (Å²) in [4.78, 5) is 11.4. The monoisotopic (exact) mass is 381 g/mol. The molecule has 1 saturated heterocycles. The molecule has 1 atom stereocenters. The van der Waals surface area contributed by atoms with Gasteiger partial charge in [0, 0.05) is 11.8 Å². The Morgan fingerprint density at radius 3 is 2.74 bits per heavy atom. The molecular weight excluding hydrogens is 362 g/mol. The lowest BCUT2D eigenvalue weighted by Crippen LogP contribution is -2.52. The molecule has 23 heavy (non-hydrogen) atoms. The molecule has 0 bridgehead atoms. The normalized spacial score (nSPS) is 39.3. The standard InChI is InChI=1S/C17H20BrNO4/c18-13-12-10(9-11-14(13)23-8-7-22-11)1-2-16(12)3-5-17(19,6-4-16)15(20)21/h1-2,11H,3-9,19H2,(H,20,21). The van der Waals surface area contributed by atoms with E-state index >= 15 is 0 Å². The minimum absolute atomic E-state index is 0.00659. The highest BCUT2D eigenvalue weighted by Crippen LogP contribution is 2.57. The molecule has 1 aliphatic heterocycles. The van der Waals surface area contributed by atoms with E-state index < -0.39 is 11.5 Å². The van der Waals surface area contributed by atoms with Gasteiger partial charge < -0.3 is 20.3 Å². The summed E-state index contributed by atoms with van der Waals surface area (Å²) in [5.41, 5.74) is 7.37. The zero-order chi connectivity index (χ0) is 16.2. The number of carboxylic acids is 1. The van der Waals surface area contributed by atoms with Gasteiger partial charge in [0.1, 0.15) is 24.0 Å². The molecule has 2 fully saturated rings. The lowest BCUT2D eigenvalue weighted by Gasteiger charge is -2.43. The van der Waals surface area contributed by atoms with E-state index in [1.54, 1.807) is 0 Å². The highest BCUT2D eigenvalue weighted by Gasteiger charge is 2.50. The van der Waals surface area contributed by atoms with Crippen molar-refractivity contribution in [2.45, 2.75) is 43.7 Å². The van der Waals surface area contributed by atoms with Crippen LogP contribution in [-0.4, -0.2) is 35.9 Å². The smallest absolute Gasteiger partial charge is 0.323 e. The molecule has 0 aromatic carbocycles. The van der Waals surface area contributed by atoms with E-state index in [9.17, 15) is 9.90 Å². The molecule has 0 radical (unpaired) electrons. The van der Waals surface area contributed by atoms with Crippen LogP contribution in [0.3, 0.4) is 0 Å². The van der Waals surface area contributed by atoms with Gasteiger partial charge in [-0.1, -0.05) is 12.2 Å². The summed E-state index contributed by atoms with van der Waals surface area (Å²) in [6.07, 6.45) is 7.70. The van der Waals surface area contributed by atoms with Crippen molar-refractivity contribution >= 4 is 21.9 Å². The van der Waals surface area contributed by atoms with Gasteiger partial charge in [0.05, 0.1) is 11.1 Å². The molecule has 0 amide bonds. The zero-order valence-corrected chi connectivity index (χ0v) is 14.4. The van der Waals surface area contributed by atoms with Crippen LogP contribution >= 0.6 is 15.9 Å². The molecule has 1 saturated carbocycles. The Hall–Kier alpha value is -1.11. The quantitative estimate of drug-likeness (QED) is 0.729. The van der Waals surface area contributed by atoms with Gasteiger partial charge >= 0.3 is 5.97 Å². The molecule has 5 nitrogen and oxygen atoms in total. The van der Waals surface area contributed by atoms with Gasteiger partial charge in [0.15, 0.2) is 0 Å². The Labute approximate surface area is 143 Å². The lowest BCUT2D eigenvalue weighted by molar-refractivity contribution is -0.145. The number of rotatable bonds is 1. The minimum Gasteiger partial charge on any atom is -0.492 e. The van der Waals surface area contributed by atoms with E-state index in [-0.39, 0.29) is 11.5 Å². The first-order valence-corrected chi connectivity index (χ1v) is 8.84. The molecule has 6 heteroatoms. The number of allylic oxidation sites excluding steroid dienone is 4. The van der Waals surface area contributed by atoms with E-state index in [0.29, 0.717) is 26.1 Å². The Kier molecular flexibility index (Phi) is 3.48.